The van der Waals surface area contributed by atoms with Gasteiger partial charge in [0.25, 0.3) is 0 Å². The number of amides is 2. The predicted molar refractivity (Wildman–Crippen MR) is 125 cm³/mol. The average Bonchev–Trinajstić information content (AvgIpc) is 3.41. The Kier molecular flexibility index (Phi) is 6.61. The van der Waals surface area contributed by atoms with Crippen LogP contribution >= 0.6 is 0 Å². The van der Waals surface area contributed by atoms with E-state index in [-0.39, 0.29) is 43.9 Å². The minimum Gasteiger partial charge on any atom is -0.479 e. The monoisotopic (exact) mass is 466 g/mol. The summed E-state index contributed by atoms with van der Waals surface area (Å²) >= 11 is 0. The molecule has 1 saturated heterocycles. The lowest BCUT2D eigenvalue weighted by molar-refractivity contribution is -0.161. The smallest absolute Gasteiger partial charge is 0.407 e. The molecule has 4 rings (SSSR count). The second kappa shape index (κ2) is 9.46. The van der Waals surface area contributed by atoms with Crippen molar-refractivity contribution in [2.24, 2.45) is 5.92 Å². The van der Waals surface area contributed by atoms with Gasteiger partial charge >= 0.3 is 12.1 Å². The highest BCUT2D eigenvalue weighted by Crippen LogP contribution is 2.44. The molecule has 2 aromatic rings. The SMILES string of the molecule is COC1(C(=O)O)CCN(C(=O)[C@@H](NC(=O)OCC2c3ccccc3-c3ccccc32)C(C)C)C1. The van der Waals surface area contributed by atoms with Crippen LogP contribution < -0.4 is 5.32 Å². The zero-order valence-electron chi connectivity index (χ0n) is 19.6. The first-order valence-corrected chi connectivity index (χ1v) is 11.5. The van der Waals surface area contributed by atoms with Gasteiger partial charge in [-0.3, -0.25) is 4.79 Å². The van der Waals surface area contributed by atoms with Gasteiger partial charge in [-0.2, -0.15) is 0 Å². The maximum Gasteiger partial charge on any atom is 0.407 e. The number of fused-ring (bicyclic) bond motifs is 3. The van der Waals surface area contributed by atoms with Gasteiger partial charge in [-0.25, -0.2) is 9.59 Å². The second-order valence-electron chi connectivity index (χ2n) is 9.20. The molecule has 34 heavy (non-hydrogen) atoms. The summed E-state index contributed by atoms with van der Waals surface area (Å²) in [5.41, 5.74) is 3.07. The lowest BCUT2D eigenvalue weighted by atomic mass is 9.98. The number of ether oxygens (including phenoxy) is 2. The highest BCUT2D eigenvalue weighted by Gasteiger charge is 2.48. The number of methoxy groups -OCH3 is 1. The first-order chi connectivity index (χ1) is 16.3. The third-order valence-corrected chi connectivity index (χ3v) is 6.87. The molecule has 1 fully saturated rings. The van der Waals surface area contributed by atoms with E-state index in [1.165, 1.54) is 12.0 Å². The van der Waals surface area contributed by atoms with Crippen molar-refractivity contribution in [2.45, 2.75) is 37.8 Å². The summed E-state index contributed by atoms with van der Waals surface area (Å²) < 4.78 is 10.8. The first-order valence-electron chi connectivity index (χ1n) is 11.5. The summed E-state index contributed by atoms with van der Waals surface area (Å²) in [7, 11) is 1.33. The molecule has 8 nitrogen and oxygen atoms in total. The molecule has 1 heterocycles. The summed E-state index contributed by atoms with van der Waals surface area (Å²) in [5, 5.41) is 12.2. The zero-order valence-corrected chi connectivity index (χ0v) is 19.6. The van der Waals surface area contributed by atoms with Crippen molar-refractivity contribution in [3.05, 3.63) is 59.7 Å². The molecule has 180 valence electrons. The van der Waals surface area contributed by atoms with Gasteiger partial charge in [-0.05, 0) is 28.2 Å². The van der Waals surface area contributed by atoms with Crippen molar-refractivity contribution in [3.63, 3.8) is 0 Å². The number of carbonyl (C=O) groups is 3. The molecule has 0 aromatic heterocycles. The Morgan fingerprint density at radius 3 is 2.18 bits per heavy atom. The van der Waals surface area contributed by atoms with Crippen molar-refractivity contribution in [1.29, 1.82) is 0 Å². The number of hydrogen-bond donors (Lipinski definition) is 2. The topological polar surface area (TPSA) is 105 Å². The lowest BCUT2D eigenvalue weighted by Crippen LogP contribution is -2.52. The molecule has 2 atom stereocenters. The maximum absolute atomic E-state index is 13.1. The molecule has 1 unspecified atom stereocenters. The number of carbonyl (C=O) groups excluding carboxylic acids is 2. The number of carboxylic acid groups (broad SMARTS) is 1. The molecule has 0 spiro atoms. The first kappa shape index (κ1) is 23.8. The van der Waals surface area contributed by atoms with Crippen LogP contribution in [0.3, 0.4) is 0 Å². The van der Waals surface area contributed by atoms with Gasteiger partial charge in [0.15, 0.2) is 5.60 Å². The molecular formula is C26H30N2O6. The van der Waals surface area contributed by atoms with Crippen LogP contribution in [0, 0.1) is 5.92 Å². The van der Waals surface area contributed by atoms with E-state index in [9.17, 15) is 19.5 Å². The van der Waals surface area contributed by atoms with Crippen molar-refractivity contribution >= 4 is 18.0 Å². The molecule has 0 saturated carbocycles. The fourth-order valence-electron chi connectivity index (χ4n) is 4.88. The van der Waals surface area contributed by atoms with Gasteiger partial charge in [0.05, 0.1) is 6.54 Å². The Balaban J connectivity index is 1.42. The number of carboxylic acids is 1. The summed E-state index contributed by atoms with van der Waals surface area (Å²) in [6, 6.07) is 15.3. The molecule has 2 amide bonds. The van der Waals surface area contributed by atoms with Crippen LogP contribution in [-0.4, -0.2) is 66.4 Å². The van der Waals surface area contributed by atoms with E-state index in [4.69, 9.17) is 9.47 Å². The summed E-state index contributed by atoms with van der Waals surface area (Å²) in [5.74, 6) is -1.74. The number of benzene rings is 2. The molecule has 8 heteroatoms. The maximum atomic E-state index is 13.1. The van der Waals surface area contributed by atoms with E-state index in [1.54, 1.807) is 0 Å². The number of likely N-dealkylation sites (tertiary alicyclic amines) is 1. The summed E-state index contributed by atoms with van der Waals surface area (Å²) in [6.07, 6.45) is -0.482. The van der Waals surface area contributed by atoms with E-state index in [1.807, 2.05) is 50.2 Å². The van der Waals surface area contributed by atoms with Crippen LogP contribution in [0.5, 0.6) is 0 Å². The third kappa shape index (κ3) is 4.25. The molecule has 1 aliphatic heterocycles. The van der Waals surface area contributed by atoms with E-state index >= 15 is 0 Å². The summed E-state index contributed by atoms with van der Waals surface area (Å²) in [6.45, 7) is 3.97. The number of nitrogens with zero attached hydrogens (tertiary/aromatic N) is 1. The molecule has 2 aliphatic rings. The largest absolute Gasteiger partial charge is 0.479 e. The van der Waals surface area contributed by atoms with Crippen molar-refractivity contribution in [1.82, 2.24) is 10.2 Å². The van der Waals surface area contributed by atoms with E-state index < -0.39 is 23.7 Å². The molecular weight excluding hydrogens is 436 g/mol. The van der Waals surface area contributed by atoms with Gasteiger partial charge in [-0.1, -0.05) is 62.4 Å². The normalized spacial score (nSPS) is 20.1. The van der Waals surface area contributed by atoms with Gasteiger partial charge in [-0.15, -0.1) is 0 Å². The van der Waals surface area contributed by atoms with Gasteiger partial charge in [0.2, 0.25) is 5.91 Å². The Labute approximate surface area is 198 Å². The molecule has 1 aliphatic carbocycles. The van der Waals surface area contributed by atoms with Crippen LogP contribution in [0.4, 0.5) is 4.79 Å². The Hall–Kier alpha value is -3.39. The number of rotatable bonds is 7. The number of alkyl carbamates (subject to hydrolysis) is 1. The van der Waals surface area contributed by atoms with Gasteiger partial charge in [0.1, 0.15) is 12.6 Å². The van der Waals surface area contributed by atoms with Crippen molar-refractivity contribution < 1.29 is 29.0 Å². The highest BCUT2D eigenvalue weighted by molar-refractivity contribution is 5.88. The molecule has 2 N–H and O–H groups in total. The van der Waals surface area contributed by atoms with E-state index in [0.29, 0.717) is 0 Å². The van der Waals surface area contributed by atoms with Crippen LogP contribution in [-0.2, 0) is 19.1 Å². The Morgan fingerprint density at radius 1 is 1.09 bits per heavy atom. The fourth-order valence-corrected chi connectivity index (χ4v) is 4.88. The Morgan fingerprint density at radius 2 is 1.68 bits per heavy atom. The predicted octanol–water partition coefficient (Wildman–Crippen LogP) is 3.25. The number of nitrogens with one attached hydrogen (secondary N) is 1. The fraction of sp³-hybridized carbons (Fsp3) is 0.423. The van der Waals surface area contributed by atoms with Crippen molar-refractivity contribution in [2.75, 3.05) is 26.8 Å². The van der Waals surface area contributed by atoms with Crippen LogP contribution in [0.2, 0.25) is 0 Å². The third-order valence-electron chi connectivity index (χ3n) is 6.87. The Bertz CT molecular complexity index is 1050. The summed E-state index contributed by atoms with van der Waals surface area (Å²) in [4.78, 5) is 38.9. The molecule has 0 radical (unpaired) electrons. The lowest BCUT2D eigenvalue weighted by Gasteiger charge is -2.28. The second-order valence-corrected chi connectivity index (χ2v) is 9.20. The minimum absolute atomic E-state index is 0.0622. The highest BCUT2D eigenvalue weighted by atomic mass is 16.5. The zero-order chi connectivity index (χ0) is 24.5. The van der Waals surface area contributed by atoms with Crippen molar-refractivity contribution in [3.8, 4) is 11.1 Å². The van der Waals surface area contributed by atoms with Gasteiger partial charge in [0, 0.05) is 26.0 Å². The minimum atomic E-state index is -1.42. The molecule has 0 bridgehead atoms. The van der Waals surface area contributed by atoms with Crippen LogP contribution in [0.1, 0.15) is 37.3 Å². The van der Waals surface area contributed by atoms with Crippen LogP contribution in [0.15, 0.2) is 48.5 Å². The average molecular weight is 467 g/mol. The van der Waals surface area contributed by atoms with Crippen LogP contribution in [0.25, 0.3) is 11.1 Å². The van der Waals surface area contributed by atoms with E-state index in [2.05, 4.69) is 17.4 Å². The quantitative estimate of drug-likeness (QED) is 0.649. The molecule has 2 aromatic carbocycles. The van der Waals surface area contributed by atoms with E-state index in [0.717, 1.165) is 22.3 Å². The van der Waals surface area contributed by atoms with Gasteiger partial charge < -0.3 is 24.8 Å². The standard InChI is InChI=1S/C26H30N2O6/c1-16(2)22(23(29)28-13-12-26(15-28,33-3)24(30)31)27-25(32)34-14-21-19-10-6-4-8-17(19)18-9-5-7-11-20(18)21/h4-11,16,21-22H,12-15H2,1-3H3,(H,27,32)(H,30,31)/t22-,26?/m0/s1. The number of aliphatic carboxylic acids is 1. The number of hydrogen-bond acceptors (Lipinski definition) is 5.